The molecule has 0 unspecified atom stereocenters. The Labute approximate surface area is 119 Å². The third-order valence-electron chi connectivity index (χ3n) is 5.01. The summed E-state index contributed by atoms with van der Waals surface area (Å²) in [4.78, 5) is 19.1. The number of pyridine rings is 1. The zero-order chi connectivity index (χ0) is 14.5. The lowest BCUT2D eigenvalue weighted by atomic mass is 9.65. The van der Waals surface area contributed by atoms with E-state index >= 15 is 0 Å². The van der Waals surface area contributed by atoms with Gasteiger partial charge < -0.3 is 4.90 Å². The van der Waals surface area contributed by atoms with Crippen molar-refractivity contribution in [2.75, 3.05) is 6.54 Å². The summed E-state index contributed by atoms with van der Waals surface area (Å²) in [5.41, 5.74) is 0.572. The largest absolute Gasteiger partial charge is 0.331 e. The van der Waals surface area contributed by atoms with E-state index in [-0.39, 0.29) is 16.9 Å². The maximum absolute atomic E-state index is 12.8. The summed E-state index contributed by atoms with van der Waals surface area (Å²) in [6.07, 6.45) is 1.72. The number of likely N-dealkylation sites (tertiary alicyclic amines) is 1. The van der Waals surface area contributed by atoms with E-state index < -0.39 is 0 Å². The van der Waals surface area contributed by atoms with Crippen molar-refractivity contribution in [3.63, 3.8) is 0 Å². The van der Waals surface area contributed by atoms with E-state index in [0.717, 1.165) is 17.3 Å². The minimum atomic E-state index is -0.136. The maximum atomic E-state index is 12.8. The molecular formula is C17H20N2O. The second kappa shape index (κ2) is 4.05. The molecule has 3 heteroatoms. The summed E-state index contributed by atoms with van der Waals surface area (Å²) < 4.78 is 0. The molecule has 1 aromatic heterocycles. The van der Waals surface area contributed by atoms with E-state index in [2.05, 4.69) is 32.7 Å². The van der Waals surface area contributed by atoms with E-state index in [1.165, 1.54) is 0 Å². The molecule has 1 aliphatic heterocycles. The van der Waals surface area contributed by atoms with Gasteiger partial charge in [-0.2, -0.15) is 0 Å². The van der Waals surface area contributed by atoms with Crippen LogP contribution in [0.1, 0.15) is 38.2 Å². The van der Waals surface area contributed by atoms with Gasteiger partial charge in [0.2, 0.25) is 0 Å². The minimum absolute atomic E-state index is 0.0334. The lowest BCUT2D eigenvalue weighted by molar-refractivity contribution is -0.0883. The number of fused-ring (bicyclic) bond motifs is 1. The van der Waals surface area contributed by atoms with Crippen LogP contribution in [0.3, 0.4) is 0 Å². The summed E-state index contributed by atoms with van der Waals surface area (Å²) in [5.74, 6) is 0.0334. The normalized spacial score (nSPS) is 19.7. The number of hydrogen-bond acceptors (Lipinski definition) is 2. The molecule has 1 saturated heterocycles. The van der Waals surface area contributed by atoms with Gasteiger partial charge in [0, 0.05) is 29.1 Å². The number of carbonyl (C=O) groups excluding carboxylic acids is 1. The molecule has 20 heavy (non-hydrogen) atoms. The van der Waals surface area contributed by atoms with Crippen molar-refractivity contribution in [1.82, 2.24) is 9.88 Å². The van der Waals surface area contributed by atoms with Crippen molar-refractivity contribution in [1.29, 1.82) is 0 Å². The lowest BCUT2D eigenvalue weighted by Gasteiger charge is -2.61. The van der Waals surface area contributed by atoms with Crippen molar-refractivity contribution in [2.24, 2.45) is 5.41 Å². The molecule has 104 valence electrons. The summed E-state index contributed by atoms with van der Waals surface area (Å²) in [5, 5.41) is 1.99. The summed E-state index contributed by atoms with van der Waals surface area (Å²) >= 11 is 0. The molecule has 0 atom stereocenters. The monoisotopic (exact) mass is 268 g/mol. The van der Waals surface area contributed by atoms with Crippen LogP contribution in [0, 0.1) is 5.41 Å². The van der Waals surface area contributed by atoms with Crippen LogP contribution >= 0.6 is 0 Å². The zero-order valence-corrected chi connectivity index (χ0v) is 12.5. The first-order chi connectivity index (χ1) is 9.34. The smallest absolute Gasteiger partial charge is 0.273 e. The van der Waals surface area contributed by atoms with E-state index in [0.29, 0.717) is 5.69 Å². The van der Waals surface area contributed by atoms with Crippen molar-refractivity contribution in [3.8, 4) is 0 Å². The highest BCUT2D eigenvalue weighted by atomic mass is 16.2. The average molecular weight is 268 g/mol. The van der Waals surface area contributed by atoms with Crippen LogP contribution in [0.25, 0.3) is 10.8 Å². The van der Waals surface area contributed by atoms with Crippen LogP contribution in [0.2, 0.25) is 0 Å². The summed E-state index contributed by atoms with van der Waals surface area (Å²) in [6.45, 7) is 9.43. The van der Waals surface area contributed by atoms with Gasteiger partial charge in [0.05, 0.1) is 0 Å². The van der Waals surface area contributed by atoms with Gasteiger partial charge in [-0.05, 0) is 25.3 Å². The Balaban J connectivity index is 2.03. The number of aromatic nitrogens is 1. The summed E-state index contributed by atoms with van der Waals surface area (Å²) in [7, 11) is 0. The highest BCUT2D eigenvalue weighted by Gasteiger charge is 2.54. The number of benzene rings is 1. The predicted octanol–water partition coefficient (Wildman–Crippen LogP) is 3.50. The third-order valence-corrected chi connectivity index (χ3v) is 5.01. The molecule has 0 saturated carbocycles. The zero-order valence-electron chi connectivity index (χ0n) is 12.5. The lowest BCUT2D eigenvalue weighted by Crippen LogP contribution is -2.70. The Hall–Kier alpha value is -1.90. The number of rotatable bonds is 1. The van der Waals surface area contributed by atoms with Crippen molar-refractivity contribution in [2.45, 2.75) is 33.2 Å². The van der Waals surface area contributed by atoms with Gasteiger partial charge in [0.25, 0.3) is 5.91 Å². The number of carbonyl (C=O) groups is 1. The first-order valence-corrected chi connectivity index (χ1v) is 7.00. The molecular weight excluding hydrogens is 248 g/mol. The molecule has 3 rings (SSSR count). The van der Waals surface area contributed by atoms with E-state index in [1.54, 1.807) is 6.20 Å². The molecule has 2 heterocycles. The Kier molecular flexibility index (Phi) is 2.65. The van der Waals surface area contributed by atoms with Crippen LogP contribution in [-0.4, -0.2) is 27.9 Å². The third kappa shape index (κ3) is 1.65. The molecule has 1 amide bonds. The predicted molar refractivity (Wildman–Crippen MR) is 80.6 cm³/mol. The molecule has 2 aromatic rings. The molecule has 1 aromatic carbocycles. The average Bonchev–Trinajstić information content (AvgIpc) is 2.43. The van der Waals surface area contributed by atoms with Crippen LogP contribution < -0.4 is 0 Å². The second-order valence-corrected chi connectivity index (χ2v) is 6.71. The molecule has 3 nitrogen and oxygen atoms in total. The highest BCUT2D eigenvalue weighted by molar-refractivity contribution is 6.05. The van der Waals surface area contributed by atoms with Crippen molar-refractivity contribution < 1.29 is 4.79 Å². The molecule has 1 aliphatic rings. The molecule has 1 fully saturated rings. The van der Waals surface area contributed by atoms with Crippen LogP contribution in [-0.2, 0) is 0 Å². The number of hydrogen-bond donors (Lipinski definition) is 0. The van der Waals surface area contributed by atoms with Gasteiger partial charge in [-0.1, -0.05) is 38.1 Å². The Morgan fingerprint density at radius 3 is 2.50 bits per heavy atom. The topological polar surface area (TPSA) is 33.2 Å². The van der Waals surface area contributed by atoms with Crippen molar-refractivity contribution >= 4 is 16.7 Å². The van der Waals surface area contributed by atoms with Gasteiger partial charge in [-0.15, -0.1) is 0 Å². The standard InChI is InChI=1S/C17H20N2O/c1-16(2)11-19(17(16,3)4)15(20)14-13-8-6-5-7-12(13)9-10-18-14/h5-10H,11H2,1-4H3. The van der Waals surface area contributed by atoms with Gasteiger partial charge in [0.15, 0.2) is 0 Å². The fourth-order valence-corrected chi connectivity index (χ4v) is 2.80. The van der Waals surface area contributed by atoms with Gasteiger partial charge in [-0.3, -0.25) is 9.78 Å². The Bertz CT molecular complexity index is 683. The van der Waals surface area contributed by atoms with Gasteiger partial charge in [-0.25, -0.2) is 0 Å². The first kappa shape index (κ1) is 13.1. The van der Waals surface area contributed by atoms with E-state index in [9.17, 15) is 4.79 Å². The summed E-state index contributed by atoms with van der Waals surface area (Å²) in [6, 6.07) is 9.85. The van der Waals surface area contributed by atoms with Crippen molar-refractivity contribution in [3.05, 3.63) is 42.2 Å². The van der Waals surface area contributed by atoms with Gasteiger partial charge in [0.1, 0.15) is 5.69 Å². The second-order valence-electron chi connectivity index (χ2n) is 6.71. The van der Waals surface area contributed by atoms with Crippen LogP contribution in [0.5, 0.6) is 0 Å². The van der Waals surface area contributed by atoms with Gasteiger partial charge >= 0.3 is 0 Å². The van der Waals surface area contributed by atoms with Crippen LogP contribution in [0.4, 0.5) is 0 Å². The molecule has 0 bridgehead atoms. The van der Waals surface area contributed by atoms with Crippen LogP contribution in [0.15, 0.2) is 36.5 Å². The van der Waals surface area contributed by atoms with E-state index in [1.807, 2.05) is 35.2 Å². The molecule has 0 radical (unpaired) electrons. The first-order valence-electron chi connectivity index (χ1n) is 7.00. The molecule has 0 aliphatic carbocycles. The molecule has 0 N–H and O–H groups in total. The quantitative estimate of drug-likeness (QED) is 0.793. The Morgan fingerprint density at radius 2 is 1.85 bits per heavy atom. The fourth-order valence-electron chi connectivity index (χ4n) is 2.80. The molecule has 0 spiro atoms. The number of nitrogens with zero attached hydrogens (tertiary/aromatic N) is 2. The fraction of sp³-hybridized carbons (Fsp3) is 0.412. The minimum Gasteiger partial charge on any atom is -0.331 e. The Morgan fingerprint density at radius 1 is 1.15 bits per heavy atom. The van der Waals surface area contributed by atoms with E-state index in [4.69, 9.17) is 0 Å². The highest BCUT2D eigenvalue weighted by Crippen LogP contribution is 2.47. The number of amides is 1. The maximum Gasteiger partial charge on any atom is 0.273 e. The SMILES string of the molecule is CC1(C)CN(C(=O)c2nccc3ccccc23)C1(C)C.